The molecule has 2 atom stereocenters. The summed E-state index contributed by atoms with van der Waals surface area (Å²) in [5, 5.41) is 9.60. The lowest BCUT2D eigenvalue weighted by atomic mass is 9.92. The van der Waals surface area contributed by atoms with Gasteiger partial charge in [-0.1, -0.05) is 55.5 Å². The third-order valence-corrected chi connectivity index (χ3v) is 5.93. The summed E-state index contributed by atoms with van der Waals surface area (Å²) in [6, 6.07) is 6.07. The van der Waals surface area contributed by atoms with Gasteiger partial charge in [0.25, 0.3) is 0 Å². The number of nitrogens with one attached hydrogen (secondary N) is 1. The van der Waals surface area contributed by atoms with Crippen LogP contribution in [0.4, 0.5) is 0 Å². The molecule has 2 N–H and O–H groups in total. The van der Waals surface area contributed by atoms with Crippen LogP contribution in [0.5, 0.6) is 0 Å². The van der Waals surface area contributed by atoms with Crippen LogP contribution < -0.4 is 4.72 Å². The van der Waals surface area contributed by atoms with Gasteiger partial charge in [0.15, 0.2) is 0 Å². The van der Waals surface area contributed by atoms with E-state index in [9.17, 15) is 13.5 Å². The SMILES string of the molecule is CCCCCC(CC)C(CO)NS(=O)(=O)c1ccc(Br)cc1. The number of sulfonamides is 1. The number of hydrogen-bond acceptors (Lipinski definition) is 3. The monoisotopic (exact) mass is 391 g/mol. The maximum atomic E-state index is 12.4. The van der Waals surface area contributed by atoms with Crippen LogP contribution in [0.15, 0.2) is 33.6 Å². The number of benzene rings is 1. The first-order valence-electron chi connectivity index (χ1n) is 7.83. The molecule has 1 aromatic carbocycles. The lowest BCUT2D eigenvalue weighted by molar-refractivity contribution is 0.204. The second-order valence-corrected chi connectivity index (χ2v) is 8.16. The Kier molecular flexibility index (Phi) is 8.61. The Bertz CT molecular complexity index is 531. The number of unbranched alkanes of at least 4 members (excludes halogenated alkanes) is 2. The maximum Gasteiger partial charge on any atom is 0.240 e. The van der Waals surface area contributed by atoms with Crippen molar-refractivity contribution in [1.29, 1.82) is 0 Å². The van der Waals surface area contributed by atoms with Crippen molar-refractivity contribution in [3.05, 3.63) is 28.7 Å². The van der Waals surface area contributed by atoms with Crippen LogP contribution >= 0.6 is 15.9 Å². The van der Waals surface area contributed by atoms with Gasteiger partial charge in [0, 0.05) is 10.5 Å². The van der Waals surface area contributed by atoms with Crippen molar-refractivity contribution in [2.45, 2.75) is 56.9 Å². The molecule has 0 aliphatic carbocycles. The lowest BCUT2D eigenvalue weighted by Gasteiger charge is -2.25. The van der Waals surface area contributed by atoms with Gasteiger partial charge in [0.1, 0.15) is 0 Å². The predicted octanol–water partition coefficient (Wildman–Crippen LogP) is 3.69. The van der Waals surface area contributed by atoms with E-state index in [0.29, 0.717) is 0 Å². The first-order valence-corrected chi connectivity index (χ1v) is 10.1. The van der Waals surface area contributed by atoms with E-state index in [4.69, 9.17) is 0 Å². The lowest BCUT2D eigenvalue weighted by Crippen LogP contribution is -2.42. The summed E-state index contributed by atoms with van der Waals surface area (Å²) < 4.78 is 28.3. The van der Waals surface area contributed by atoms with Crippen molar-refractivity contribution >= 4 is 26.0 Å². The molecule has 0 saturated heterocycles. The third-order valence-electron chi connectivity index (χ3n) is 3.90. The fourth-order valence-electron chi connectivity index (χ4n) is 2.51. The summed E-state index contributed by atoms with van der Waals surface area (Å²) in [5.74, 6) is 0.154. The highest BCUT2D eigenvalue weighted by atomic mass is 79.9. The molecule has 0 radical (unpaired) electrons. The largest absolute Gasteiger partial charge is 0.395 e. The number of halogens is 1. The van der Waals surface area contributed by atoms with Crippen LogP contribution in [0, 0.1) is 5.92 Å². The normalized spacial score (nSPS) is 14.7. The first-order chi connectivity index (χ1) is 10.4. The van der Waals surface area contributed by atoms with E-state index in [0.717, 1.165) is 36.6 Å². The minimum Gasteiger partial charge on any atom is -0.395 e. The fourth-order valence-corrected chi connectivity index (χ4v) is 4.07. The van der Waals surface area contributed by atoms with Crippen LogP contribution in [0.25, 0.3) is 0 Å². The van der Waals surface area contributed by atoms with Crippen LogP contribution in [0.1, 0.15) is 46.0 Å². The fraction of sp³-hybridized carbons (Fsp3) is 0.625. The van der Waals surface area contributed by atoms with Crippen molar-refractivity contribution in [3.8, 4) is 0 Å². The van der Waals surface area contributed by atoms with Gasteiger partial charge in [0.05, 0.1) is 11.5 Å². The number of aliphatic hydroxyl groups excluding tert-OH is 1. The van der Waals surface area contributed by atoms with Gasteiger partial charge in [-0.25, -0.2) is 13.1 Å². The van der Waals surface area contributed by atoms with Gasteiger partial charge < -0.3 is 5.11 Å². The average Bonchev–Trinajstić information content (AvgIpc) is 2.50. The maximum absolute atomic E-state index is 12.4. The molecular formula is C16H26BrNO3S. The van der Waals surface area contributed by atoms with Gasteiger partial charge in [0.2, 0.25) is 10.0 Å². The zero-order valence-corrected chi connectivity index (χ0v) is 15.7. The van der Waals surface area contributed by atoms with E-state index >= 15 is 0 Å². The zero-order valence-electron chi connectivity index (χ0n) is 13.3. The molecule has 0 aliphatic rings. The highest BCUT2D eigenvalue weighted by molar-refractivity contribution is 9.10. The van der Waals surface area contributed by atoms with Crippen LogP contribution in [0.3, 0.4) is 0 Å². The molecule has 6 heteroatoms. The molecule has 0 saturated carbocycles. The summed E-state index contributed by atoms with van der Waals surface area (Å²) in [4.78, 5) is 0.220. The van der Waals surface area contributed by atoms with Gasteiger partial charge in [-0.15, -0.1) is 0 Å². The van der Waals surface area contributed by atoms with E-state index in [1.807, 2.05) is 6.92 Å². The van der Waals surface area contributed by atoms with Crippen molar-refractivity contribution < 1.29 is 13.5 Å². The molecular weight excluding hydrogens is 366 g/mol. The van der Waals surface area contributed by atoms with Crippen LogP contribution in [0.2, 0.25) is 0 Å². The Morgan fingerprint density at radius 2 is 1.82 bits per heavy atom. The Morgan fingerprint density at radius 3 is 2.32 bits per heavy atom. The Labute approximate surface area is 142 Å². The highest BCUT2D eigenvalue weighted by Gasteiger charge is 2.25. The van der Waals surface area contributed by atoms with Crippen molar-refractivity contribution in [3.63, 3.8) is 0 Å². The van der Waals surface area contributed by atoms with Crippen molar-refractivity contribution in [2.24, 2.45) is 5.92 Å². The Balaban J connectivity index is 2.79. The molecule has 1 aromatic rings. The van der Waals surface area contributed by atoms with Gasteiger partial charge in [-0.2, -0.15) is 0 Å². The molecule has 2 unspecified atom stereocenters. The molecule has 4 nitrogen and oxygen atoms in total. The minimum atomic E-state index is -3.60. The van der Waals surface area contributed by atoms with Crippen molar-refractivity contribution in [2.75, 3.05) is 6.61 Å². The molecule has 0 aromatic heterocycles. The number of hydrogen-bond donors (Lipinski definition) is 2. The highest BCUT2D eigenvalue weighted by Crippen LogP contribution is 2.20. The molecule has 22 heavy (non-hydrogen) atoms. The molecule has 0 fully saturated rings. The summed E-state index contributed by atoms with van der Waals surface area (Å²) in [5.41, 5.74) is 0. The smallest absolute Gasteiger partial charge is 0.240 e. The second kappa shape index (κ2) is 9.65. The molecule has 0 bridgehead atoms. The third kappa shape index (κ3) is 5.99. The zero-order chi connectivity index (χ0) is 16.6. The van der Waals surface area contributed by atoms with E-state index in [2.05, 4.69) is 27.6 Å². The van der Waals surface area contributed by atoms with Gasteiger partial charge in [-0.05, 0) is 36.6 Å². The van der Waals surface area contributed by atoms with E-state index in [1.54, 1.807) is 24.3 Å². The number of aliphatic hydroxyl groups is 1. The average molecular weight is 392 g/mol. The van der Waals surface area contributed by atoms with E-state index < -0.39 is 16.1 Å². The second-order valence-electron chi connectivity index (χ2n) is 5.53. The predicted molar refractivity (Wildman–Crippen MR) is 93.3 cm³/mol. The molecule has 0 aliphatic heterocycles. The number of rotatable bonds is 10. The van der Waals surface area contributed by atoms with Crippen LogP contribution in [-0.2, 0) is 10.0 Å². The van der Waals surface area contributed by atoms with Gasteiger partial charge in [-0.3, -0.25) is 0 Å². The summed E-state index contributed by atoms with van der Waals surface area (Å²) in [7, 11) is -3.60. The van der Waals surface area contributed by atoms with E-state index in [1.165, 1.54) is 0 Å². The standard InChI is InChI=1S/C16H26BrNO3S/c1-3-5-6-7-13(4-2)16(12-19)18-22(20,21)15-10-8-14(17)9-11-15/h8-11,13,16,18-19H,3-7,12H2,1-2H3. The molecule has 0 spiro atoms. The minimum absolute atomic E-state index is 0.154. The van der Waals surface area contributed by atoms with Gasteiger partial charge >= 0.3 is 0 Å². The molecule has 1 rings (SSSR count). The molecule has 126 valence electrons. The topological polar surface area (TPSA) is 66.4 Å². The summed E-state index contributed by atoms with van der Waals surface area (Å²) in [6.07, 6.45) is 5.10. The van der Waals surface area contributed by atoms with Crippen LogP contribution in [-0.4, -0.2) is 26.2 Å². The summed E-state index contributed by atoms with van der Waals surface area (Å²) in [6.45, 7) is 3.99. The van der Waals surface area contributed by atoms with Crippen molar-refractivity contribution in [1.82, 2.24) is 4.72 Å². The Morgan fingerprint density at radius 1 is 1.18 bits per heavy atom. The first kappa shape index (κ1) is 19.6. The summed E-state index contributed by atoms with van der Waals surface area (Å²) >= 11 is 3.29. The molecule has 0 amide bonds. The van der Waals surface area contributed by atoms with E-state index in [-0.39, 0.29) is 17.4 Å². The quantitative estimate of drug-likeness (QED) is 0.597. The Hall–Kier alpha value is -0.430. The molecule has 0 heterocycles.